The molecule has 27 heavy (non-hydrogen) atoms. The Morgan fingerprint density at radius 3 is 2.67 bits per heavy atom. The van der Waals surface area contributed by atoms with Gasteiger partial charge < -0.3 is 5.32 Å². The highest BCUT2D eigenvalue weighted by molar-refractivity contribution is 6.30. The Bertz CT molecular complexity index is 914. The number of halogens is 1. The predicted molar refractivity (Wildman–Crippen MR) is 105 cm³/mol. The highest BCUT2D eigenvalue weighted by atomic mass is 35.5. The third-order valence-electron chi connectivity index (χ3n) is 6.08. The monoisotopic (exact) mass is 385 g/mol. The van der Waals surface area contributed by atoms with Crippen LogP contribution in [-0.2, 0) is 30.1 Å². The fourth-order valence-corrected chi connectivity index (χ4v) is 4.65. The normalized spacial score (nSPS) is 20.9. The van der Waals surface area contributed by atoms with Crippen molar-refractivity contribution in [1.29, 1.82) is 0 Å². The lowest BCUT2D eigenvalue weighted by atomic mass is 9.77. The molecule has 4 rings (SSSR count). The number of fused-ring (bicyclic) bond motifs is 1. The van der Waals surface area contributed by atoms with E-state index in [9.17, 15) is 9.59 Å². The third kappa shape index (κ3) is 3.41. The number of carbonyl (C=O) groups is 1. The summed E-state index contributed by atoms with van der Waals surface area (Å²) < 4.78 is 1.38. The van der Waals surface area contributed by atoms with E-state index in [1.807, 2.05) is 24.3 Å². The number of hydrogen-bond donors (Lipinski definition) is 1. The van der Waals surface area contributed by atoms with Crippen LogP contribution < -0.4 is 10.9 Å². The third-order valence-corrected chi connectivity index (χ3v) is 6.33. The summed E-state index contributed by atoms with van der Waals surface area (Å²) in [4.78, 5) is 25.2. The maximum atomic E-state index is 13.3. The first-order valence-electron chi connectivity index (χ1n) is 9.61. The molecule has 1 saturated carbocycles. The average molecular weight is 386 g/mol. The van der Waals surface area contributed by atoms with Crippen LogP contribution in [0.5, 0.6) is 0 Å². The zero-order valence-corrected chi connectivity index (χ0v) is 16.3. The van der Waals surface area contributed by atoms with Crippen LogP contribution in [0.1, 0.15) is 48.9 Å². The molecule has 1 atom stereocenters. The van der Waals surface area contributed by atoms with Crippen molar-refractivity contribution in [2.75, 3.05) is 0 Å². The highest BCUT2D eigenvalue weighted by Crippen LogP contribution is 2.42. The van der Waals surface area contributed by atoms with Crippen LogP contribution in [0.2, 0.25) is 5.02 Å². The molecule has 5 nitrogen and oxygen atoms in total. The van der Waals surface area contributed by atoms with E-state index in [1.165, 1.54) is 4.68 Å². The minimum absolute atomic E-state index is 0.0451. The van der Waals surface area contributed by atoms with Gasteiger partial charge in [-0.2, -0.15) is 5.10 Å². The molecule has 1 fully saturated rings. The van der Waals surface area contributed by atoms with Crippen LogP contribution in [0, 0.1) is 0 Å². The van der Waals surface area contributed by atoms with Crippen molar-refractivity contribution in [3.05, 3.63) is 62.5 Å². The SMILES string of the molecule is Cn1nc2c(cc1=O)CC(NC(=O)C1(c3ccc(Cl)cc3)CCCC1)CC2. The fourth-order valence-electron chi connectivity index (χ4n) is 4.53. The standard InChI is InChI=1S/C21H24ClN3O2/c1-25-19(26)13-14-12-17(8-9-18(14)24-25)23-20(27)21(10-2-3-11-21)15-4-6-16(22)7-5-15/h4-7,13,17H,2-3,8-12H2,1H3,(H,23,27). The van der Waals surface area contributed by atoms with E-state index < -0.39 is 5.41 Å². The molecule has 0 aliphatic heterocycles. The summed E-state index contributed by atoms with van der Waals surface area (Å²) in [5, 5.41) is 8.32. The van der Waals surface area contributed by atoms with E-state index in [0.717, 1.165) is 55.3 Å². The Balaban J connectivity index is 1.54. The van der Waals surface area contributed by atoms with Crippen molar-refractivity contribution in [2.45, 2.75) is 56.4 Å². The van der Waals surface area contributed by atoms with Crippen molar-refractivity contribution in [2.24, 2.45) is 7.05 Å². The number of rotatable bonds is 3. The van der Waals surface area contributed by atoms with E-state index in [4.69, 9.17) is 11.6 Å². The molecule has 1 aromatic heterocycles. The number of carbonyl (C=O) groups excluding carboxylic acids is 1. The molecule has 2 aromatic rings. The second-order valence-electron chi connectivity index (χ2n) is 7.79. The summed E-state index contributed by atoms with van der Waals surface area (Å²) in [6.07, 6.45) is 6.15. The lowest BCUT2D eigenvalue weighted by Gasteiger charge is -2.32. The van der Waals surface area contributed by atoms with Crippen LogP contribution in [0.3, 0.4) is 0 Å². The topological polar surface area (TPSA) is 64.0 Å². The Morgan fingerprint density at radius 2 is 1.96 bits per heavy atom. The van der Waals surface area contributed by atoms with Crippen molar-refractivity contribution in [3.63, 3.8) is 0 Å². The van der Waals surface area contributed by atoms with Gasteiger partial charge in [0, 0.05) is 24.2 Å². The van der Waals surface area contributed by atoms with Gasteiger partial charge in [-0.1, -0.05) is 36.6 Å². The van der Waals surface area contributed by atoms with Gasteiger partial charge in [-0.3, -0.25) is 9.59 Å². The second-order valence-corrected chi connectivity index (χ2v) is 8.22. The van der Waals surface area contributed by atoms with E-state index in [0.29, 0.717) is 11.4 Å². The second kappa shape index (κ2) is 7.12. The van der Waals surface area contributed by atoms with Gasteiger partial charge in [-0.15, -0.1) is 0 Å². The van der Waals surface area contributed by atoms with Gasteiger partial charge in [-0.25, -0.2) is 4.68 Å². The summed E-state index contributed by atoms with van der Waals surface area (Å²) in [6, 6.07) is 9.40. The molecule has 0 saturated heterocycles. The number of aryl methyl sites for hydroxylation is 2. The molecule has 0 spiro atoms. The molecular formula is C21H24ClN3O2. The molecule has 2 aliphatic carbocycles. The molecule has 1 aromatic carbocycles. The van der Waals surface area contributed by atoms with Crippen LogP contribution in [-0.4, -0.2) is 21.7 Å². The largest absolute Gasteiger partial charge is 0.352 e. The molecule has 0 bridgehead atoms. The Kier molecular flexibility index (Phi) is 4.81. The lowest BCUT2D eigenvalue weighted by molar-refractivity contribution is -0.127. The Morgan fingerprint density at radius 1 is 1.26 bits per heavy atom. The first kappa shape index (κ1) is 18.2. The summed E-state index contributed by atoms with van der Waals surface area (Å²) >= 11 is 6.04. The van der Waals surface area contributed by atoms with Crippen molar-refractivity contribution in [3.8, 4) is 0 Å². The summed E-state index contributed by atoms with van der Waals surface area (Å²) in [6.45, 7) is 0. The number of hydrogen-bond acceptors (Lipinski definition) is 3. The first-order chi connectivity index (χ1) is 13.0. The van der Waals surface area contributed by atoms with Gasteiger partial charge in [0.25, 0.3) is 5.56 Å². The average Bonchev–Trinajstić information content (AvgIpc) is 3.15. The molecule has 6 heteroatoms. The first-order valence-corrected chi connectivity index (χ1v) is 9.99. The maximum Gasteiger partial charge on any atom is 0.266 e. The summed E-state index contributed by atoms with van der Waals surface area (Å²) in [5.41, 5.74) is 2.41. The summed E-state index contributed by atoms with van der Waals surface area (Å²) in [7, 11) is 1.67. The van der Waals surface area contributed by atoms with Gasteiger partial charge >= 0.3 is 0 Å². The zero-order valence-electron chi connectivity index (χ0n) is 15.5. The van der Waals surface area contributed by atoms with Crippen LogP contribution >= 0.6 is 11.6 Å². The maximum absolute atomic E-state index is 13.3. The number of nitrogens with zero attached hydrogens (tertiary/aromatic N) is 2. The fraction of sp³-hybridized carbons (Fsp3) is 0.476. The molecule has 1 heterocycles. The van der Waals surface area contributed by atoms with Crippen molar-refractivity contribution >= 4 is 17.5 Å². The molecule has 0 radical (unpaired) electrons. The molecule has 1 unspecified atom stereocenters. The summed E-state index contributed by atoms with van der Waals surface area (Å²) in [5.74, 6) is 0.104. The van der Waals surface area contributed by atoms with Crippen molar-refractivity contribution < 1.29 is 4.79 Å². The quantitative estimate of drug-likeness (QED) is 0.883. The molecular weight excluding hydrogens is 362 g/mol. The van der Waals surface area contributed by atoms with E-state index in [1.54, 1.807) is 13.1 Å². The number of benzene rings is 1. The lowest BCUT2D eigenvalue weighted by Crippen LogP contribution is -2.48. The minimum atomic E-state index is -0.462. The minimum Gasteiger partial charge on any atom is -0.352 e. The van der Waals surface area contributed by atoms with Crippen LogP contribution in [0.4, 0.5) is 0 Å². The number of nitrogens with one attached hydrogen (secondary N) is 1. The van der Waals surface area contributed by atoms with Gasteiger partial charge in [0.1, 0.15) is 0 Å². The van der Waals surface area contributed by atoms with Crippen LogP contribution in [0.15, 0.2) is 35.1 Å². The van der Waals surface area contributed by atoms with Gasteiger partial charge in [-0.05, 0) is 55.4 Å². The Labute approximate surface area is 163 Å². The van der Waals surface area contributed by atoms with Gasteiger partial charge in [0.05, 0.1) is 11.1 Å². The zero-order chi connectivity index (χ0) is 19.0. The van der Waals surface area contributed by atoms with Crippen molar-refractivity contribution in [1.82, 2.24) is 15.1 Å². The molecule has 1 N–H and O–H groups in total. The molecule has 142 valence electrons. The van der Waals surface area contributed by atoms with E-state index in [2.05, 4.69) is 10.4 Å². The molecule has 1 amide bonds. The van der Waals surface area contributed by atoms with Gasteiger partial charge in [0.2, 0.25) is 5.91 Å². The number of amides is 1. The predicted octanol–water partition coefficient (Wildman–Crippen LogP) is 2.92. The van der Waals surface area contributed by atoms with E-state index >= 15 is 0 Å². The van der Waals surface area contributed by atoms with Crippen LogP contribution in [0.25, 0.3) is 0 Å². The molecule has 2 aliphatic rings. The van der Waals surface area contributed by atoms with Gasteiger partial charge in [0.15, 0.2) is 0 Å². The smallest absolute Gasteiger partial charge is 0.266 e. The number of aromatic nitrogens is 2. The Hall–Kier alpha value is -2.14. The van der Waals surface area contributed by atoms with E-state index in [-0.39, 0.29) is 17.5 Å². The highest BCUT2D eigenvalue weighted by Gasteiger charge is 2.43.